The van der Waals surface area contributed by atoms with Crippen molar-refractivity contribution in [3.63, 3.8) is 0 Å². The Labute approximate surface area is 312 Å². The number of carbonyl (C=O) groups excluding carboxylic acids is 1. The van der Waals surface area contributed by atoms with Crippen molar-refractivity contribution in [1.29, 1.82) is 0 Å². The predicted octanol–water partition coefficient (Wildman–Crippen LogP) is 2.62. The standard InChI is InChI=1S/C32H25BrN4O6S.K.H/c1-3-22-15-25-29(39)36(17-27(38)18-10-12-21(42-2)13-11-18)32(41)37(30(25)44-22)16-20-9-8-19(14-26(20)33)23-6-4-5-7-24(23)28-34-31(40)43-35-28;;/h4-15H,3,16-17H2,1-2H3,(H,34,35,40);;/q;+1;-1. The molecule has 1 N–H and O–H groups in total. The number of rotatable bonds is 9. The molecule has 0 aliphatic heterocycles. The number of halogens is 1. The maximum absolute atomic E-state index is 13.9. The van der Waals surface area contributed by atoms with Gasteiger partial charge in [-0.3, -0.25) is 28.2 Å². The average molecular weight is 714 g/mol. The first kappa shape index (κ1) is 33.2. The minimum Gasteiger partial charge on any atom is -1.00 e. The van der Waals surface area contributed by atoms with Crippen molar-refractivity contribution in [2.75, 3.05) is 7.11 Å². The first-order valence-corrected chi connectivity index (χ1v) is 15.3. The average Bonchev–Trinajstić information content (AvgIpc) is 3.68. The number of fused-ring (bicyclic) bond motifs is 1. The summed E-state index contributed by atoms with van der Waals surface area (Å²) in [5.41, 5.74) is 2.47. The summed E-state index contributed by atoms with van der Waals surface area (Å²) >= 11 is 5.07. The number of carbonyl (C=O) groups is 1. The fourth-order valence-electron chi connectivity index (χ4n) is 5.02. The number of ketones is 1. The predicted molar refractivity (Wildman–Crippen MR) is 173 cm³/mol. The molecule has 6 rings (SSSR count). The number of aromatic amines is 1. The van der Waals surface area contributed by atoms with Crippen LogP contribution >= 0.6 is 27.3 Å². The van der Waals surface area contributed by atoms with Gasteiger partial charge in [-0.2, -0.15) is 0 Å². The number of nitrogens with zero attached hydrogens (tertiary/aromatic N) is 3. The van der Waals surface area contributed by atoms with E-state index < -0.39 is 23.5 Å². The third-order valence-electron chi connectivity index (χ3n) is 7.32. The van der Waals surface area contributed by atoms with E-state index in [1.807, 2.05) is 49.4 Å². The zero-order valence-electron chi connectivity index (χ0n) is 25.6. The van der Waals surface area contributed by atoms with Crippen molar-refractivity contribution >= 4 is 43.3 Å². The fraction of sp³-hybridized carbons (Fsp3) is 0.156. The SMILES string of the molecule is CCc1cc2c(=O)n(CC(=O)c3ccc(OC)cc3)c(=O)n(Cc3ccc(-c4ccccc4-c4noc(=O)[nH]4)cc3Br)c2s1.[H-].[K+]. The van der Waals surface area contributed by atoms with Gasteiger partial charge in [0.2, 0.25) is 0 Å². The monoisotopic (exact) mass is 712 g/mol. The van der Waals surface area contributed by atoms with E-state index in [4.69, 9.17) is 9.26 Å². The zero-order chi connectivity index (χ0) is 31.0. The van der Waals surface area contributed by atoms with E-state index in [1.165, 1.54) is 18.4 Å². The zero-order valence-corrected chi connectivity index (χ0v) is 30.2. The van der Waals surface area contributed by atoms with E-state index in [1.54, 1.807) is 34.9 Å². The van der Waals surface area contributed by atoms with E-state index in [2.05, 4.69) is 26.1 Å². The van der Waals surface area contributed by atoms with Crippen LogP contribution in [0.3, 0.4) is 0 Å². The Kier molecular flexibility index (Phi) is 10.4. The normalized spacial score (nSPS) is 11.0. The number of thiophene rings is 1. The first-order valence-electron chi connectivity index (χ1n) is 13.6. The minimum atomic E-state index is -0.644. The topological polar surface area (TPSA) is 129 Å². The Morgan fingerprint density at radius 3 is 2.40 bits per heavy atom. The van der Waals surface area contributed by atoms with Crippen LogP contribution in [0.15, 0.2) is 96.2 Å². The van der Waals surface area contributed by atoms with Crippen LogP contribution in [-0.2, 0) is 19.5 Å². The van der Waals surface area contributed by atoms with Crippen molar-refractivity contribution in [3.05, 3.63) is 125 Å². The summed E-state index contributed by atoms with van der Waals surface area (Å²) in [6, 6.07) is 21.5. The van der Waals surface area contributed by atoms with Gasteiger partial charge in [0, 0.05) is 20.5 Å². The molecule has 6 aromatic rings. The quantitative estimate of drug-likeness (QED) is 0.180. The molecule has 13 heteroatoms. The molecule has 3 aromatic heterocycles. The number of aromatic nitrogens is 4. The molecule has 3 aromatic carbocycles. The molecule has 10 nitrogen and oxygen atoms in total. The Balaban J connectivity index is 0.00000240. The Hall–Kier alpha value is -3.17. The third-order valence-corrected chi connectivity index (χ3v) is 9.36. The number of ether oxygens (including phenoxy) is 1. The molecule has 0 aliphatic carbocycles. The number of aryl methyl sites for hydroxylation is 1. The van der Waals surface area contributed by atoms with Crippen LogP contribution in [0.2, 0.25) is 0 Å². The van der Waals surface area contributed by atoms with Crippen LogP contribution in [0.1, 0.15) is 29.1 Å². The third kappa shape index (κ3) is 6.70. The number of methoxy groups -OCH3 is 1. The molecule has 0 bridgehead atoms. The fourth-order valence-corrected chi connectivity index (χ4v) is 6.60. The summed E-state index contributed by atoms with van der Waals surface area (Å²) in [7, 11) is 1.53. The van der Waals surface area contributed by atoms with Gasteiger partial charge in [-0.25, -0.2) is 9.59 Å². The molecular weight excluding hydrogens is 687 g/mol. The molecular formula is C32H26BrKN4O6S. The summed E-state index contributed by atoms with van der Waals surface area (Å²) in [6.07, 6.45) is 0.701. The second-order valence-corrected chi connectivity index (χ2v) is 12.0. The van der Waals surface area contributed by atoms with E-state index in [-0.39, 0.29) is 65.1 Å². The number of nitrogens with one attached hydrogen (secondary N) is 1. The van der Waals surface area contributed by atoms with Crippen LogP contribution in [0, 0.1) is 0 Å². The molecule has 0 aliphatic rings. The van der Waals surface area contributed by atoms with E-state index >= 15 is 0 Å². The van der Waals surface area contributed by atoms with Gasteiger partial charge < -0.3 is 6.16 Å². The maximum Gasteiger partial charge on any atom is 1.00 e. The number of hydrogen-bond acceptors (Lipinski definition) is 8. The van der Waals surface area contributed by atoms with Crippen molar-refractivity contribution < 1.29 is 66.9 Å². The summed E-state index contributed by atoms with van der Waals surface area (Å²) in [4.78, 5) is 56.2. The first-order chi connectivity index (χ1) is 21.3. The van der Waals surface area contributed by atoms with Gasteiger partial charge in [0.25, 0.3) is 5.56 Å². The largest absolute Gasteiger partial charge is 1.00 e. The van der Waals surface area contributed by atoms with E-state index in [9.17, 15) is 19.2 Å². The smallest absolute Gasteiger partial charge is 1.00 e. The van der Waals surface area contributed by atoms with Gasteiger partial charge in [0.05, 0.1) is 25.6 Å². The summed E-state index contributed by atoms with van der Waals surface area (Å²) in [5, 5.41) is 4.23. The van der Waals surface area contributed by atoms with Crippen molar-refractivity contribution in [3.8, 4) is 28.3 Å². The summed E-state index contributed by atoms with van der Waals surface area (Å²) in [6.45, 7) is 1.76. The van der Waals surface area contributed by atoms with Gasteiger partial charge in [-0.1, -0.05) is 64.4 Å². The molecule has 45 heavy (non-hydrogen) atoms. The van der Waals surface area contributed by atoms with Crippen LogP contribution in [-0.4, -0.2) is 32.2 Å². The number of hydrogen-bond donors (Lipinski definition) is 1. The minimum absolute atomic E-state index is 0. The van der Waals surface area contributed by atoms with Gasteiger partial charge >= 0.3 is 62.8 Å². The van der Waals surface area contributed by atoms with Crippen molar-refractivity contribution in [2.24, 2.45) is 0 Å². The molecule has 0 saturated heterocycles. The number of H-pyrrole nitrogens is 1. The molecule has 0 amide bonds. The van der Waals surface area contributed by atoms with Gasteiger partial charge in [0.1, 0.15) is 10.6 Å². The molecule has 0 spiro atoms. The number of Topliss-reactive ketones (excluding diaryl/α,β-unsaturated/α-hetero) is 1. The van der Waals surface area contributed by atoms with E-state index in [0.717, 1.165) is 30.6 Å². The van der Waals surface area contributed by atoms with Crippen LogP contribution in [0.5, 0.6) is 5.75 Å². The van der Waals surface area contributed by atoms with Crippen LogP contribution in [0.4, 0.5) is 0 Å². The summed E-state index contributed by atoms with van der Waals surface area (Å²) < 4.78 is 13.2. The molecule has 224 valence electrons. The second-order valence-electron chi connectivity index (χ2n) is 9.99. The molecule has 0 unspecified atom stereocenters. The summed E-state index contributed by atoms with van der Waals surface area (Å²) in [5.74, 6) is -0.0899. The van der Waals surface area contributed by atoms with Crippen molar-refractivity contribution in [2.45, 2.75) is 26.4 Å². The van der Waals surface area contributed by atoms with Gasteiger partial charge in [-0.05, 0) is 59.5 Å². The van der Waals surface area contributed by atoms with Gasteiger partial charge in [-0.15, -0.1) is 11.3 Å². The van der Waals surface area contributed by atoms with Crippen LogP contribution < -0.4 is 73.1 Å². The molecule has 0 fully saturated rings. The second kappa shape index (κ2) is 14.1. The molecule has 0 atom stereocenters. The van der Waals surface area contributed by atoms with Crippen molar-refractivity contribution in [1.82, 2.24) is 19.3 Å². The molecule has 0 radical (unpaired) electrons. The maximum atomic E-state index is 13.9. The Morgan fingerprint density at radius 1 is 1.02 bits per heavy atom. The van der Waals surface area contributed by atoms with Gasteiger partial charge in [0.15, 0.2) is 11.6 Å². The molecule has 3 heterocycles. The molecule has 0 saturated carbocycles. The Morgan fingerprint density at radius 2 is 1.76 bits per heavy atom. The Bertz CT molecular complexity index is 2220. The van der Waals surface area contributed by atoms with E-state index in [0.29, 0.717) is 39.3 Å². The van der Waals surface area contributed by atoms with Crippen LogP contribution in [0.25, 0.3) is 32.7 Å². The number of benzene rings is 3.